The van der Waals surface area contributed by atoms with Crippen molar-refractivity contribution in [1.29, 1.82) is 0 Å². The molecular formula is C18H16FN3OS. The molecule has 0 amide bonds. The van der Waals surface area contributed by atoms with Crippen LogP contribution in [-0.4, -0.2) is 15.9 Å². The summed E-state index contributed by atoms with van der Waals surface area (Å²) in [7, 11) is 0. The normalized spacial score (nSPS) is 14.4. The van der Waals surface area contributed by atoms with E-state index in [1.807, 2.05) is 0 Å². The standard InChI is InChI=1S/C18H16FN3OS/c1-11-21-17-16(14-4-2-3-5-15(14)24-17)18(23)22(11)20-10-12-6-8-13(19)9-7-12/h6-10H,2-5H2,1H3. The third-order valence-corrected chi connectivity index (χ3v) is 5.51. The van der Waals surface area contributed by atoms with Crippen molar-refractivity contribution < 1.29 is 4.39 Å². The molecule has 0 saturated carbocycles. The lowest BCUT2D eigenvalue weighted by atomic mass is 9.97. The maximum Gasteiger partial charge on any atom is 0.283 e. The Morgan fingerprint density at radius 1 is 1.25 bits per heavy atom. The van der Waals surface area contributed by atoms with Crippen molar-refractivity contribution in [3.05, 3.63) is 62.3 Å². The Morgan fingerprint density at radius 2 is 2.00 bits per heavy atom. The number of aromatic nitrogens is 2. The van der Waals surface area contributed by atoms with E-state index >= 15 is 0 Å². The molecule has 1 aliphatic carbocycles. The Bertz CT molecular complexity index is 1000. The fraction of sp³-hybridized carbons (Fsp3) is 0.278. The summed E-state index contributed by atoms with van der Waals surface area (Å²) in [6.45, 7) is 1.78. The molecule has 0 fully saturated rings. The van der Waals surface area contributed by atoms with Gasteiger partial charge in [-0.05, 0) is 55.9 Å². The summed E-state index contributed by atoms with van der Waals surface area (Å²) >= 11 is 1.63. The first kappa shape index (κ1) is 15.2. The molecule has 6 heteroatoms. The van der Waals surface area contributed by atoms with Gasteiger partial charge < -0.3 is 0 Å². The van der Waals surface area contributed by atoms with Gasteiger partial charge >= 0.3 is 0 Å². The largest absolute Gasteiger partial charge is 0.283 e. The van der Waals surface area contributed by atoms with Crippen LogP contribution in [0.3, 0.4) is 0 Å². The van der Waals surface area contributed by atoms with Gasteiger partial charge in [0.2, 0.25) is 0 Å². The van der Waals surface area contributed by atoms with Crippen LogP contribution in [0, 0.1) is 12.7 Å². The molecule has 122 valence electrons. The Kier molecular flexibility index (Phi) is 3.76. The van der Waals surface area contributed by atoms with E-state index < -0.39 is 0 Å². The SMILES string of the molecule is Cc1nc2sc3c(c2c(=O)n1N=Cc1ccc(F)cc1)CCCC3. The molecule has 1 aromatic carbocycles. The second-order valence-corrected chi connectivity index (χ2v) is 7.05. The zero-order valence-corrected chi connectivity index (χ0v) is 14.1. The smallest absolute Gasteiger partial charge is 0.267 e. The van der Waals surface area contributed by atoms with E-state index in [0.717, 1.165) is 40.6 Å². The van der Waals surface area contributed by atoms with Gasteiger partial charge in [-0.15, -0.1) is 11.3 Å². The van der Waals surface area contributed by atoms with Crippen molar-refractivity contribution in [2.24, 2.45) is 5.10 Å². The third kappa shape index (κ3) is 2.57. The molecule has 3 aromatic rings. The van der Waals surface area contributed by atoms with E-state index in [0.29, 0.717) is 5.82 Å². The van der Waals surface area contributed by atoms with E-state index in [2.05, 4.69) is 10.1 Å². The molecule has 2 heterocycles. The highest BCUT2D eigenvalue weighted by Gasteiger charge is 2.20. The number of hydrogen-bond donors (Lipinski definition) is 0. The quantitative estimate of drug-likeness (QED) is 0.668. The van der Waals surface area contributed by atoms with Gasteiger partial charge in [-0.25, -0.2) is 9.37 Å². The van der Waals surface area contributed by atoms with Crippen molar-refractivity contribution in [2.75, 3.05) is 0 Å². The van der Waals surface area contributed by atoms with Crippen LogP contribution >= 0.6 is 11.3 Å². The van der Waals surface area contributed by atoms with Gasteiger partial charge in [0.05, 0.1) is 11.6 Å². The maximum atomic E-state index is 13.0. The van der Waals surface area contributed by atoms with Crippen molar-refractivity contribution in [2.45, 2.75) is 32.6 Å². The number of hydrogen-bond acceptors (Lipinski definition) is 4. The molecule has 1 aliphatic rings. The lowest BCUT2D eigenvalue weighted by molar-refractivity contribution is 0.628. The molecule has 0 spiro atoms. The molecule has 0 radical (unpaired) electrons. The summed E-state index contributed by atoms with van der Waals surface area (Å²) in [5.41, 5.74) is 1.77. The second kappa shape index (κ2) is 5.94. The van der Waals surface area contributed by atoms with E-state index in [1.165, 1.54) is 28.1 Å². The average Bonchev–Trinajstić information content (AvgIpc) is 2.94. The summed E-state index contributed by atoms with van der Waals surface area (Å²) < 4.78 is 14.3. The van der Waals surface area contributed by atoms with Crippen molar-refractivity contribution >= 4 is 27.8 Å². The van der Waals surface area contributed by atoms with E-state index in [-0.39, 0.29) is 11.4 Å². The van der Waals surface area contributed by atoms with Crippen molar-refractivity contribution in [3.63, 3.8) is 0 Å². The lowest BCUT2D eigenvalue weighted by Gasteiger charge is -2.10. The first-order chi connectivity index (χ1) is 11.6. The maximum absolute atomic E-state index is 13.0. The van der Waals surface area contributed by atoms with Gasteiger partial charge in [-0.2, -0.15) is 9.78 Å². The fourth-order valence-electron chi connectivity index (χ4n) is 3.11. The monoisotopic (exact) mass is 341 g/mol. The lowest BCUT2D eigenvalue weighted by Crippen LogP contribution is -2.21. The molecule has 0 aliphatic heterocycles. The van der Waals surface area contributed by atoms with Crippen molar-refractivity contribution in [1.82, 2.24) is 9.66 Å². The zero-order valence-electron chi connectivity index (χ0n) is 13.3. The number of halogens is 1. The summed E-state index contributed by atoms with van der Waals surface area (Å²) in [6, 6.07) is 5.98. The van der Waals surface area contributed by atoms with Crippen molar-refractivity contribution in [3.8, 4) is 0 Å². The van der Waals surface area contributed by atoms with Crippen LogP contribution in [-0.2, 0) is 12.8 Å². The molecular weight excluding hydrogens is 325 g/mol. The Balaban J connectivity index is 1.83. The Labute approximate surface area is 142 Å². The van der Waals surface area contributed by atoms with E-state index in [9.17, 15) is 9.18 Å². The molecule has 2 aromatic heterocycles. The van der Waals surface area contributed by atoms with Crippen LogP contribution in [0.1, 0.15) is 34.7 Å². The molecule has 24 heavy (non-hydrogen) atoms. The minimum absolute atomic E-state index is 0.115. The van der Waals surface area contributed by atoms with Crippen LogP contribution in [0.15, 0.2) is 34.2 Å². The minimum Gasteiger partial charge on any atom is -0.267 e. The summed E-state index contributed by atoms with van der Waals surface area (Å²) in [6.07, 6.45) is 5.82. The number of thiophene rings is 1. The van der Waals surface area contributed by atoms with Crippen LogP contribution in [0.4, 0.5) is 4.39 Å². The van der Waals surface area contributed by atoms with Crippen LogP contribution in [0.25, 0.3) is 10.2 Å². The van der Waals surface area contributed by atoms with Gasteiger partial charge in [0.1, 0.15) is 16.5 Å². The summed E-state index contributed by atoms with van der Waals surface area (Å²) in [5, 5.41) is 5.00. The minimum atomic E-state index is -0.298. The molecule has 0 atom stereocenters. The predicted octanol–water partition coefficient (Wildman–Crippen LogP) is 3.67. The van der Waals surface area contributed by atoms with Gasteiger partial charge in [-0.1, -0.05) is 12.1 Å². The topological polar surface area (TPSA) is 47.2 Å². The highest BCUT2D eigenvalue weighted by Crippen LogP contribution is 2.33. The fourth-order valence-corrected chi connectivity index (χ4v) is 4.40. The van der Waals surface area contributed by atoms with Crippen LogP contribution in [0.2, 0.25) is 0 Å². The van der Waals surface area contributed by atoms with Gasteiger partial charge in [0.15, 0.2) is 0 Å². The van der Waals surface area contributed by atoms with Crippen LogP contribution < -0.4 is 5.56 Å². The summed E-state index contributed by atoms with van der Waals surface area (Å²) in [5.74, 6) is 0.262. The van der Waals surface area contributed by atoms with E-state index in [1.54, 1.807) is 36.6 Å². The molecule has 0 N–H and O–H groups in total. The highest BCUT2D eigenvalue weighted by molar-refractivity contribution is 7.18. The van der Waals surface area contributed by atoms with Gasteiger partial charge in [0, 0.05) is 4.88 Å². The Morgan fingerprint density at radius 3 is 2.79 bits per heavy atom. The first-order valence-electron chi connectivity index (χ1n) is 7.97. The molecule has 4 nitrogen and oxygen atoms in total. The second-order valence-electron chi connectivity index (χ2n) is 5.96. The number of rotatable bonds is 2. The number of aryl methyl sites for hydroxylation is 3. The highest BCUT2D eigenvalue weighted by atomic mass is 32.1. The molecule has 0 saturated heterocycles. The predicted molar refractivity (Wildman–Crippen MR) is 94.7 cm³/mol. The molecule has 0 bridgehead atoms. The Hall–Kier alpha value is -2.34. The first-order valence-corrected chi connectivity index (χ1v) is 8.79. The van der Waals surface area contributed by atoms with Gasteiger partial charge in [-0.3, -0.25) is 4.79 Å². The third-order valence-electron chi connectivity index (χ3n) is 4.32. The molecule has 4 rings (SSSR count). The number of fused-ring (bicyclic) bond motifs is 3. The number of nitrogens with zero attached hydrogens (tertiary/aromatic N) is 3. The van der Waals surface area contributed by atoms with Gasteiger partial charge in [0.25, 0.3) is 5.56 Å². The van der Waals surface area contributed by atoms with E-state index in [4.69, 9.17) is 0 Å². The molecule has 0 unspecified atom stereocenters. The zero-order chi connectivity index (χ0) is 16.7. The average molecular weight is 341 g/mol. The number of benzene rings is 1. The van der Waals surface area contributed by atoms with Crippen LogP contribution in [0.5, 0.6) is 0 Å². The summed E-state index contributed by atoms with van der Waals surface area (Å²) in [4.78, 5) is 19.6.